The third-order valence-electron chi connectivity index (χ3n) is 4.56. The van der Waals surface area contributed by atoms with Gasteiger partial charge in [0.2, 0.25) is 0 Å². The van der Waals surface area contributed by atoms with Gasteiger partial charge in [0.25, 0.3) is 11.8 Å². The molecule has 0 aliphatic heterocycles. The number of hydrazine groups is 1. The molecule has 0 spiro atoms. The Morgan fingerprint density at radius 2 is 1.79 bits per heavy atom. The average molecular weight is 463 g/mol. The van der Waals surface area contributed by atoms with E-state index in [1.807, 2.05) is 43.3 Å². The fourth-order valence-corrected chi connectivity index (χ4v) is 3.12. The number of ether oxygens (including phenoxy) is 2. The summed E-state index contributed by atoms with van der Waals surface area (Å²) in [6, 6.07) is 13.2. The van der Waals surface area contributed by atoms with Gasteiger partial charge in [-0.1, -0.05) is 48.0 Å². The van der Waals surface area contributed by atoms with E-state index in [-0.39, 0.29) is 6.61 Å². The van der Waals surface area contributed by atoms with Crippen LogP contribution in [-0.2, 0) is 9.59 Å². The maximum Gasteiger partial charge on any atom is 0.279 e. The number of carbonyl (C=O) groups is 2. The zero-order chi connectivity index (χ0) is 21.4. The molecule has 0 saturated heterocycles. The Hall–Kier alpha value is -2.54. The van der Waals surface area contributed by atoms with E-state index in [9.17, 15) is 9.59 Å². The molecule has 2 rings (SSSR count). The van der Waals surface area contributed by atoms with Gasteiger partial charge in [-0.2, -0.15) is 0 Å². The molecule has 2 amide bonds. The summed E-state index contributed by atoms with van der Waals surface area (Å²) in [7, 11) is 0. The van der Waals surface area contributed by atoms with Gasteiger partial charge in [-0.15, -0.1) is 0 Å². The van der Waals surface area contributed by atoms with Crippen molar-refractivity contribution in [3.63, 3.8) is 0 Å². The summed E-state index contributed by atoms with van der Waals surface area (Å²) in [6.07, 6.45) is 0.199. The van der Waals surface area contributed by atoms with Crippen LogP contribution in [0.4, 0.5) is 0 Å². The maximum atomic E-state index is 12.3. The van der Waals surface area contributed by atoms with Crippen LogP contribution in [0.2, 0.25) is 0 Å². The molecule has 0 aromatic heterocycles. The predicted molar refractivity (Wildman–Crippen MR) is 116 cm³/mol. The zero-order valence-corrected chi connectivity index (χ0v) is 18.7. The lowest BCUT2D eigenvalue weighted by Crippen LogP contribution is -2.48. The molecule has 0 bridgehead atoms. The lowest BCUT2D eigenvalue weighted by molar-refractivity contribution is -0.133. The van der Waals surface area contributed by atoms with Crippen LogP contribution >= 0.6 is 15.9 Å². The topological polar surface area (TPSA) is 76.7 Å². The monoisotopic (exact) mass is 462 g/mol. The van der Waals surface area contributed by atoms with Crippen molar-refractivity contribution in [2.75, 3.05) is 6.61 Å². The van der Waals surface area contributed by atoms with Gasteiger partial charge < -0.3 is 9.47 Å². The Balaban J connectivity index is 1.83. The Morgan fingerprint density at radius 3 is 2.48 bits per heavy atom. The summed E-state index contributed by atoms with van der Waals surface area (Å²) < 4.78 is 12.2. The molecule has 2 aromatic rings. The summed E-state index contributed by atoms with van der Waals surface area (Å²) in [5.41, 5.74) is 6.67. The number of amides is 2. The molecule has 0 radical (unpaired) electrons. The molecule has 2 aromatic carbocycles. The molecule has 2 atom stereocenters. The van der Waals surface area contributed by atoms with E-state index in [1.165, 1.54) is 0 Å². The summed E-state index contributed by atoms with van der Waals surface area (Å²) in [5.74, 6) is 0.684. The number of para-hydroxylation sites is 1. The first-order chi connectivity index (χ1) is 13.8. The molecule has 6 nitrogen and oxygen atoms in total. The molecule has 29 heavy (non-hydrogen) atoms. The second-order valence-electron chi connectivity index (χ2n) is 6.84. The van der Waals surface area contributed by atoms with Crippen LogP contribution in [0.3, 0.4) is 0 Å². The second-order valence-corrected chi connectivity index (χ2v) is 7.76. The third-order valence-corrected chi connectivity index (χ3v) is 5.05. The van der Waals surface area contributed by atoms with Crippen LogP contribution in [0, 0.1) is 6.92 Å². The van der Waals surface area contributed by atoms with Crippen LogP contribution < -0.4 is 20.3 Å². The van der Waals surface area contributed by atoms with E-state index in [1.54, 1.807) is 13.0 Å². The number of nitrogens with one attached hydrogen (secondary N) is 2. The number of halogens is 1. The van der Waals surface area contributed by atoms with Crippen LogP contribution in [0.1, 0.15) is 44.2 Å². The number of hydrogen-bond acceptors (Lipinski definition) is 4. The highest BCUT2D eigenvalue weighted by molar-refractivity contribution is 9.10. The Bertz CT molecular complexity index is 856. The molecule has 0 aliphatic rings. The van der Waals surface area contributed by atoms with Crippen molar-refractivity contribution in [2.45, 2.75) is 46.1 Å². The first kappa shape index (κ1) is 22.7. The molecule has 0 saturated carbocycles. The molecular formula is C22H27BrN2O4. The number of rotatable bonds is 8. The van der Waals surface area contributed by atoms with Gasteiger partial charge in [0.1, 0.15) is 11.5 Å². The highest BCUT2D eigenvalue weighted by atomic mass is 79.9. The largest absolute Gasteiger partial charge is 0.483 e. The van der Waals surface area contributed by atoms with Crippen LogP contribution in [0.5, 0.6) is 11.5 Å². The van der Waals surface area contributed by atoms with Crippen molar-refractivity contribution in [3.8, 4) is 11.5 Å². The first-order valence-electron chi connectivity index (χ1n) is 9.55. The normalized spacial score (nSPS) is 12.6. The van der Waals surface area contributed by atoms with E-state index < -0.39 is 17.9 Å². The second kappa shape index (κ2) is 10.9. The van der Waals surface area contributed by atoms with E-state index in [0.29, 0.717) is 17.4 Å². The molecule has 0 aliphatic carbocycles. The minimum absolute atomic E-state index is 0.213. The molecule has 156 valence electrons. The standard InChI is InChI=1S/C22H27BrN2O4/c1-5-14(2)18-8-6-7-9-20(18)29-16(4)22(27)25-24-21(26)13-28-19-11-10-17(23)12-15(19)3/h6-12,14,16H,5,13H2,1-4H3,(H,24,26)(H,25,27). The molecule has 2 N–H and O–H groups in total. The maximum absolute atomic E-state index is 12.3. The molecule has 7 heteroatoms. The predicted octanol–water partition coefficient (Wildman–Crippen LogP) is 4.26. The number of hydrogen-bond donors (Lipinski definition) is 2. The Morgan fingerprint density at radius 1 is 1.07 bits per heavy atom. The van der Waals surface area contributed by atoms with Crippen LogP contribution in [0.25, 0.3) is 0 Å². The number of aryl methyl sites for hydroxylation is 1. The van der Waals surface area contributed by atoms with E-state index in [0.717, 1.165) is 22.0 Å². The Labute approximate surface area is 180 Å². The van der Waals surface area contributed by atoms with Gasteiger partial charge in [0.05, 0.1) is 0 Å². The van der Waals surface area contributed by atoms with E-state index in [4.69, 9.17) is 9.47 Å². The van der Waals surface area contributed by atoms with Crippen LogP contribution in [-0.4, -0.2) is 24.5 Å². The van der Waals surface area contributed by atoms with Gasteiger partial charge in [0.15, 0.2) is 12.7 Å². The van der Waals surface area contributed by atoms with E-state index >= 15 is 0 Å². The molecule has 2 unspecified atom stereocenters. The number of benzene rings is 2. The lowest BCUT2D eigenvalue weighted by atomic mass is 9.98. The summed E-state index contributed by atoms with van der Waals surface area (Å²) >= 11 is 3.38. The Kier molecular flexibility index (Phi) is 8.51. The van der Waals surface area contributed by atoms with Crippen molar-refractivity contribution in [1.29, 1.82) is 0 Å². The molecule has 0 fully saturated rings. The van der Waals surface area contributed by atoms with Crippen molar-refractivity contribution in [3.05, 3.63) is 58.1 Å². The van der Waals surface area contributed by atoms with Crippen molar-refractivity contribution < 1.29 is 19.1 Å². The zero-order valence-electron chi connectivity index (χ0n) is 17.1. The van der Waals surface area contributed by atoms with Crippen molar-refractivity contribution in [1.82, 2.24) is 10.9 Å². The lowest BCUT2D eigenvalue weighted by Gasteiger charge is -2.19. The summed E-state index contributed by atoms with van der Waals surface area (Å²) in [5, 5.41) is 0. The SMILES string of the molecule is CCC(C)c1ccccc1OC(C)C(=O)NNC(=O)COc1ccc(Br)cc1C. The van der Waals surface area contributed by atoms with E-state index in [2.05, 4.69) is 40.6 Å². The quantitative estimate of drug-likeness (QED) is 0.574. The summed E-state index contributed by atoms with van der Waals surface area (Å²) in [4.78, 5) is 24.2. The van der Waals surface area contributed by atoms with Crippen LogP contribution in [0.15, 0.2) is 46.9 Å². The minimum Gasteiger partial charge on any atom is -0.483 e. The highest BCUT2D eigenvalue weighted by Crippen LogP contribution is 2.29. The minimum atomic E-state index is -0.768. The van der Waals surface area contributed by atoms with Gasteiger partial charge in [-0.3, -0.25) is 20.4 Å². The van der Waals surface area contributed by atoms with Crippen molar-refractivity contribution >= 4 is 27.7 Å². The first-order valence-corrected chi connectivity index (χ1v) is 10.3. The molecular weight excluding hydrogens is 436 g/mol. The molecule has 0 heterocycles. The van der Waals surface area contributed by atoms with Gasteiger partial charge in [-0.05, 0) is 61.6 Å². The average Bonchev–Trinajstić information content (AvgIpc) is 2.71. The highest BCUT2D eigenvalue weighted by Gasteiger charge is 2.18. The fourth-order valence-electron chi connectivity index (χ4n) is 2.65. The summed E-state index contributed by atoms with van der Waals surface area (Å²) in [6.45, 7) is 7.52. The number of carbonyl (C=O) groups excluding carboxylic acids is 2. The van der Waals surface area contributed by atoms with Gasteiger partial charge >= 0.3 is 0 Å². The van der Waals surface area contributed by atoms with Crippen molar-refractivity contribution in [2.24, 2.45) is 0 Å². The van der Waals surface area contributed by atoms with Gasteiger partial charge in [0, 0.05) is 4.47 Å². The third kappa shape index (κ3) is 6.78. The smallest absolute Gasteiger partial charge is 0.279 e. The fraction of sp³-hybridized carbons (Fsp3) is 0.364. The van der Waals surface area contributed by atoms with Gasteiger partial charge in [-0.25, -0.2) is 0 Å².